The minimum atomic E-state index is -0.436. The molecule has 0 aliphatic carbocycles. The van der Waals surface area contributed by atoms with Gasteiger partial charge in [0.2, 0.25) is 0 Å². The van der Waals surface area contributed by atoms with E-state index in [1.54, 1.807) is 0 Å². The van der Waals surface area contributed by atoms with E-state index in [-0.39, 0.29) is 12.1 Å². The van der Waals surface area contributed by atoms with Gasteiger partial charge in [-0.05, 0) is 71.1 Å². The van der Waals surface area contributed by atoms with E-state index in [2.05, 4.69) is 43.4 Å². The fourth-order valence-electron chi connectivity index (χ4n) is 3.27. The Morgan fingerprint density at radius 2 is 2.17 bits per heavy atom. The molecule has 0 aromatic heterocycles. The molecule has 1 amide bonds. The Hall–Kier alpha value is -1.71. The summed E-state index contributed by atoms with van der Waals surface area (Å²) in [5, 5.41) is 3.57. The van der Waals surface area contributed by atoms with E-state index in [9.17, 15) is 4.79 Å². The third-order valence-electron chi connectivity index (χ3n) is 4.38. The number of amides is 1. The number of benzene rings is 1. The number of rotatable bonds is 5. The zero-order valence-electron chi connectivity index (χ0n) is 15.8. The Labute approximate surface area is 146 Å². The Bertz CT molecular complexity index is 551. The summed E-state index contributed by atoms with van der Waals surface area (Å²) in [6, 6.07) is 9.13. The molecule has 2 atom stereocenters. The second-order valence-electron chi connectivity index (χ2n) is 7.80. The molecule has 0 saturated carbocycles. The minimum Gasteiger partial charge on any atom is -0.444 e. The molecule has 134 valence electrons. The summed E-state index contributed by atoms with van der Waals surface area (Å²) in [6.45, 7) is 10.9. The Kier molecular flexibility index (Phi) is 6.14. The molecule has 0 bridgehead atoms. The molecule has 4 nitrogen and oxygen atoms in total. The van der Waals surface area contributed by atoms with Crippen LogP contribution in [0.4, 0.5) is 10.5 Å². The largest absolute Gasteiger partial charge is 0.444 e. The average Bonchev–Trinajstić information content (AvgIpc) is 2.93. The summed E-state index contributed by atoms with van der Waals surface area (Å²) < 4.78 is 5.55. The van der Waals surface area contributed by atoms with Gasteiger partial charge in [0.05, 0.1) is 0 Å². The normalized spacial score (nSPS) is 19.2. The van der Waals surface area contributed by atoms with Crippen LogP contribution < -0.4 is 5.32 Å². The molecule has 24 heavy (non-hydrogen) atoms. The molecule has 1 aromatic rings. The van der Waals surface area contributed by atoms with Crippen molar-refractivity contribution in [1.82, 2.24) is 4.90 Å². The van der Waals surface area contributed by atoms with Gasteiger partial charge in [0, 0.05) is 24.3 Å². The molecular weight excluding hydrogens is 300 g/mol. The fourth-order valence-corrected chi connectivity index (χ4v) is 3.27. The molecule has 1 aliphatic rings. The van der Waals surface area contributed by atoms with Crippen molar-refractivity contribution in [2.45, 2.75) is 78.0 Å². The van der Waals surface area contributed by atoms with Gasteiger partial charge in [-0.3, -0.25) is 0 Å². The standard InChI is InChI=1S/C20H32N2O2/c1-6-16-9-7-10-17(14-16)21-15(2)13-18-11-8-12-22(18)19(23)24-20(3,4)5/h7,9-10,14-15,18,21H,6,8,11-13H2,1-5H3. The number of carbonyl (C=O) groups is 1. The predicted molar refractivity (Wildman–Crippen MR) is 99.5 cm³/mol. The molecular formula is C20H32N2O2. The average molecular weight is 332 g/mol. The number of ether oxygens (including phenoxy) is 1. The number of nitrogens with one attached hydrogen (secondary N) is 1. The molecule has 1 aromatic carbocycles. The maximum Gasteiger partial charge on any atom is 0.410 e. The van der Waals surface area contributed by atoms with Gasteiger partial charge in [-0.1, -0.05) is 19.1 Å². The molecule has 4 heteroatoms. The van der Waals surface area contributed by atoms with Crippen molar-refractivity contribution >= 4 is 11.8 Å². The maximum atomic E-state index is 12.4. The highest BCUT2D eigenvalue weighted by atomic mass is 16.6. The number of carbonyl (C=O) groups excluding carboxylic acids is 1. The summed E-state index contributed by atoms with van der Waals surface area (Å²) in [7, 11) is 0. The van der Waals surface area contributed by atoms with Crippen LogP contribution in [0, 0.1) is 0 Å². The molecule has 0 radical (unpaired) electrons. The van der Waals surface area contributed by atoms with Crippen LogP contribution in [0.1, 0.15) is 59.4 Å². The zero-order chi connectivity index (χ0) is 17.7. The van der Waals surface area contributed by atoms with E-state index in [1.165, 1.54) is 5.56 Å². The summed E-state index contributed by atoms with van der Waals surface area (Å²) in [6.07, 6.45) is 3.92. The Balaban J connectivity index is 1.92. The van der Waals surface area contributed by atoms with Crippen LogP contribution in [-0.4, -0.2) is 35.2 Å². The van der Waals surface area contributed by atoms with Crippen LogP contribution >= 0.6 is 0 Å². The lowest BCUT2D eigenvalue weighted by Gasteiger charge is -2.30. The first-order valence-electron chi connectivity index (χ1n) is 9.13. The topological polar surface area (TPSA) is 41.6 Å². The van der Waals surface area contributed by atoms with Crippen molar-refractivity contribution in [2.75, 3.05) is 11.9 Å². The van der Waals surface area contributed by atoms with E-state index >= 15 is 0 Å². The van der Waals surface area contributed by atoms with E-state index in [0.29, 0.717) is 6.04 Å². The van der Waals surface area contributed by atoms with Crippen molar-refractivity contribution in [2.24, 2.45) is 0 Å². The number of nitrogens with zero attached hydrogens (tertiary/aromatic N) is 1. The molecule has 1 saturated heterocycles. The smallest absolute Gasteiger partial charge is 0.410 e. The van der Waals surface area contributed by atoms with Crippen molar-refractivity contribution in [1.29, 1.82) is 0 Å². The van der Waals surface area contributed by atoms with Gasteiger partial charge in [-0.2, -0.15) is 0 Å². The lowest BCUT2D eigenvalue weighted by atomic mass is 10.1. The van der Waals surface area contributed by atoms with Crippen LogP contribution in [0.25, 0.3) is 0 Å². The molecule has 0 spiro atoms. The summed E-state index contributed by atoms with van der Waals surface area (Å²) in [5.41, 5.74) is 2.06. The monoisotopic (exact) mass is 332 g/mol. The number of aryl methyl sites for hydroxylation is 1. The van der Waals surface area contributed by atoms with Gasteiger partial charge < -0.3 is 15.0 Å². The van der Waals surface area contributed by atoms with Gasteiger partial charge in [0.1, 0.15) is 5.60 Å². The first-order valence-corrected chi connectivity index (χ1v) is 9.13. The predicted octanol–water partition coefficient (Wildman–Crippen LogP) is 4.84. The number of hydrogen-bond acceptors (Lipinski definition) is 3. The van der Waals surface area contributed by atoms with Crippen LogP contribution in [0.2, 0.25) is 0 Å². The van der Waals surface area contributed by atoms with E-state index < -0.39 is 5.60 Å². The molecule has 1 fully saturated rings. The second kappa shape index (κ2) is 7.91. The Morgan fingerprint density at radius 3 is 2.83 bits per heavy atom. The third-order valence-corrected chi connectivity index (χ3v) is 4.38. The van der Waals surface area contributed by atoms with Crippen LogP contribution in [0.5, 0.6) is 0 Å². The second-order valence-corrected chi connectivity index (χ2v) is 7.80. The van der Waals surface area contributed by atoms with E-state index in [0.717, 1.165) is 37.9 Å². The summed E-state index contributed by atoms with van der Waals surface area (Å²) >= 11 is 0. The van der Waals surface area contributed by atoms with Crippen molar-refractivity contribution in [3.8, 4) is 0 Å². The molecule has 1 N–H and O–H groups in total. The number of anilines is 1. The van der Waals surface area contributed by atoms with Crippen molar-refractivity contribution in [3.63, 3.8) is 0 Å². The highest BCUT2D eigenvalue weighted by molar-refractivity contribution is 5.69. The summed E-state index contributed by atoms with van der Waals surface area (Å²) in [5.74, 6) is 0. The van der Waals surface area contributed by atoms with Crippen LogP contribution in [0.15, 0.2) is 24.3 Å². The van der Waals surface area contributed by atoms with Crippen molar-refractivity contribution in [3.05, 3.63) is 29.8 Å². The zero-order valence-corrected chi connectivity index (χ0v) is 15.8. The maximum absolute atomic E-state index is 12.4. The molecule has 2 unspecified atom stereocenters. The van der Waals surface area contributed by atoms with E-state index in [4.69, 9.17) is 4.74 Å². The lowest BCUT2D eigenvalue weighted by Crippen LogP contribution is -2.41. The molecule has 1 aliphatic heterocycles. The number of hydrogen-bond donors (Lipinski definition) is 1. The van der Waals surface area contributed by atoms with Gasteiger partial charge in [0.15, 0.2) is 0 Å². The molecule has 2 rings (SSSR count). The van der Waals surface area contributed by atoms with Gasteiger partial charge in [0.25, 0.3) is 0 Å². The van der Waals surface area contributed by atoms with Gasteiger partial charge >= 0.3 is 6.09 Å². The highest BCUT2D eigenvalue weighted by Crippen LogP contribution is 2.25. The van der Waals surface area contributed by atoms with Crippen LogP contribution in [0.3, 0.4) is 0 Å². The first-order chi connectivity index (χ1) is 11.3. The Morgan fingerprint density at radius 1 is 1.42 bits per heavy atom. The van der Waals surface area contributed by atoms with Gasteiger partial charge in [-0.15, -0.1) is 0 Å². The highest BCUT2D eigenvalue weighted by Gasteiger charge is 2.32. The number of likely N-dealkylation sites (tertiary alicyclic amines) is 1. The summed E-state index contributed by atoms with van der Waals surface area (Å²) in [4.78, 5) is 14.3. The SMILES string of the molecule is CCc1cccc(NC(C)CC2CCCN2C(=O)OC(C)(C)C)c1. The minimum absolute atomic E-state index is 0.176. The molecule has 1 heterocycles. The fraction of sp³-hybridized carbons (Fsp3) is 0.650. The van der Waals surface area contributed by atoms with Gasteiger partial charge in [-0.25, -0.2) is 4.79 Å². The van der Waals surface area contributed by atoms with Crippen LogP contribution in [-0.2, 0) is 11.2 Å². The van der Waals surface area contributed by atoms with E-state index in [1.807, 2.05) is 25.7 Å². The first kappa shape index (κ1) is 18.6. The van der Waals surface area contributed by atoms with Crippen molar-refractivity contribution < 1.29 is 9.53 Å². The quantitative estimate of drug-likeness (QED) is 0.839. The lowest BCUT2D eigenvalue weighted by molar-refractivity contribution is 0.0218. The third kappa shape index (κ3) is 5.43.